The summed E-state index contributed by atoms with van der Waals surface area (Å²) in [4.78, 5) is 17.8. The van der Waals surface area contributed by atoms with Gasteiger partial charge < -0.3 is 10.1 Å². The second-order valence-electron chi connectivity index (χ2n) is 7.73. The van der Waals surface area contributed by atoms with Crippen molar-refractivity contribution in [1.82, 2.24) is 14.8 Å². The van der Waals surface area contributed by atoms with Gasteiger partial charge in [0.1, 0.15) is 17.4 Å². The molecule has 7 heteroatoms. The lowest BCUT2D eigenvalue weighted by molar-refractivity contribution is -0.111. The van der Waals surface area contributed by atoms with E-state index in [-0.39, 0.29) is 23.4 Å². The van der Waals surface area contributed by atoms with Gasteiger partial charge in [0.2, 0.25) is 0 Å². The van der Waals surface area contributed by atoms with Crippen molar-refractivity contribution in [3.8, 4) is 17.6 Å². The number of carbonyl (C=O) groups excluding carboxylic acids is 1. The summed E-state index contributed by atoms with van der Waals surface area (Å²) in [6, 6.07) is 24.3. The highest BCUT2D eigenvalue weighted by Crippen LogP contribution is 2.24. The van der Waals surface area contributed by atoms with Crippen LogP contribution in [0.1, 0.15) is 30.5 Å². The molecule has 0 bridgehead atoms. The minimum atomic E-state index is -0.372. The zero-order valence-electron chi connectivity index (χ0n) is 18.8. The number of anilines is 1. The molecule has 0 fully saturated rings. The summed E-state index contributed by atoms with van der Waals surface area (Å²) in [6.45, 7) is 3.94. The third kappa shape index (κ3) is 5.19. The normalized spacial score (nSPS) is 11.2. The van der Waals surface area contributed by atoms with Crippen LogP contribution >= 0.6 is 0 Å². The quantitative estimate of drug-likeness (QED) is 0.313. The largest absolute Gasteiger partial charge is 0.491 e. The fourth-order valence-electron chi connectivity index (χ4n) is 3.36. The van der Waals surface area contributed by atoms with E-state index in [2.05, 4.69) is 21.5 Å². The zero-order chi connectivity index (χ0) is 23.9. The molecule has 7 nitrogen and oxygen atoms in total. The molecule has 4 rings (SSSR count). The van der Waals surface area contributed by atoms with Gasteiger partial charge in [-0.15, -0.1) is 0 Å². The number of aromatic nitrogens is 3. The molecule has 0 unspecified atom stereocenters. The topological polar surface area (TPSA) is 92.8 Å². The van der Waals surface area contributed by atoms with E-state index in [1.54, 1.807) is 24.4 Å². The standard InChI is InChI=1S/C27H23N5O2/c1-19(2)34-23-13-11-20(12-14-23)16-24(21-8-4-3-5-9-21)27(33)31-26-22(17-28)18-30-32(26)25-10-6-7-15-29-25/h3-16,18-19H,1-2H3,(H,31,33)/b24-16+. The molecule has 1 amide bonds. The molecule has 2 aromatic carbocycles. The van der Waals surface area contributed by atoms with Gasteiger partial charge in [0.25, 0.3) is 5.91 Å². The highest BCUT2D eigenvalue weighted by atomic mass is 16.5. The van der Waals surface area contributed by atoms with Crippen LogP contribution in [0.5, 0.6) is 5.75 Å². The molecule has 0 atom stereocenters. The third-order valence-corrected chi connectivity index (χ3v) is 4.88. The Labute approximate surface area is 198 Å². The predicted molar refractivity (Wildman–Crippen MR) is 131 cm³/mol. The SMILES string of the molecule is CC(C)Oc1ccc(/C=C(/C(=O)Nc2c(C#N)cnn2-c2ccccn2)c2ccccc2)cc1. The maximum absolute atomic E-state index is 13.5. The van der Waals surface area contributed by atoms with Crippen molar-refractivity contribution < 1.29 is 9.53 Å². The Morgan fingerprint density at radius 2 is 1.79 bits per heavy atom. The van der Waals surface area contributed by atoms with Crippen LogP contribution in [-0.2, 0) is 4.79 Å². The number of carbonyl (C=O) groups is 1. The minimum absolute atomic E-state index is 0.0744. The summed E-state index contributed by atoms with van der Waals surface area (Å²) in [6.07, 6.45) is 4.91. The van der Waals surface area contributed by atoms with Crippen molar-refractivity contribution in [1.29, 1.82) is 5.26 Å². The van der Waals surface area contributed by atoms with Crippen LogP contribution < -0.4 is 10.1 Å². The Hall–Kier alpha value is -4.70. The lowest BCUT2D eigenvalue weighted by Gasteiger charge is -2.12. The molecular weight excluding hydrogens is 426 g/mol. The van der Waals surface area contributed by atoms with Gasteiger partial charge in [-0.1, -0.05) is 48.5 Å². The average molecular weight is 450 g/mol. The molecule has 2 heterocycles. The van der Waals surface area contributed by atoms with Crippen LogP contribution in [0.4, 0.5) is 5.82 Å². The van der Waals surface area contributed by atoms with Crippen molar-refractivity contribution >= 4 is 23.4 Å². The smallest absolute Gasteiger partial charge is 0.257 e. The van der Waals surface area contributed by atoms with Crippen molar-refractivity contribution in [3.05, 3.63) is 102 Å². The molecule has 0 saturated heterocycles. The molecule has 1 N–H and O–H groups in total. The Balaban J connectivity index is 1.70. The number of nitriles is 1. The fourth-order valence-corrected chi connectivity index (χ4v) is 3.36. The van der Waals surface area contributed by atoms with Gasteiger partial charge >= 0.3 is 0 Å². The van der Waals surface area contributed by atoms with Crippen LogP contribution in [0.15, 0.2) is 85.2 Å². The maximum atomic E-state index is 13.5. The highest BCUT2D eigenvalue weighted by Gasteiger charge is 2.19. The summed E-state index contributed by atoms with van der Waals surface area (Å²) in [5.41, 5.74) is 2.26. The van der Waals surface area contributed by atoms with E-state index in [0.29, 0.717) is 11.4 Å². The average Bonchev–Trinajstić information content (AvgIpc) is 3.26. The number of benzene rings is 2. The number of amides is 1. The molecule has 0 radical (unpaired) electrons. The van der Waals surface area contributed by atoms with Crippen molar-refractivity contribution in [2.75, 3.05) is 5.32 Å². The maximum Gasteiger partial charge on any atom is 0.257 e. The molecule has 2 aromatic heterocycles. The second-order valence-corrected chi connectivity index (χ2v) is 7.73. The molecule has 0 aliphatic heterocycles. The first-order valence-electron chi connectivity index (χ1n) is 10.8. The lowest BCUT2D eigenvalue weighted by Crippen LogP contribution is -2.17. The van der Waals surface area contributed by atoms with Crippen molar-refractivity contribution in [3.63, 3.8) is 0 Å². The van der Waals surface area contributed by atoms with Gasteiger partial charge in [0.05, 0.1) is 12.3 Å². The van der Waals surface area contributed by atoms with Gasteiger partial charge in [-0.25, -0.2) is 4.98 Å². The van der Waals surface area contributed by atoms with E-state index in [1.165, 1.54) is 10.9 Å². The van der Waals surface area contributed by atoms with Crippen LogP contribution in [-0.4, -0.2) is 26.8 Å². The van der Waals surface area contributed by atoms with E-state index in [4.69, 9.17) is 4.74 Å². The Morgan fingerprint density at radius 1 is 1.06 bits per heavy atom. The number of rotatable bonds is 7. The van der Waals surface area contributed by atoms with Crippen LogP contribution in [0.25, 0.3) is 17.5 Å². The molecule has 0 aliphatic carbocycles. The molecule has 34 heavy (non-hydrogen) atoms. The molecule has 168 valence electrons. The van der Waals surface area contributed by atoms with Gasteiger partial charge in [-0.3, -0.25) is 4.79 Å². The highest BCUT2D eigenvalue weighted by molar-refractivity contribution is 6.29. The van der Waals surface area contributed by atoms with E-state index in [9.17, 15) is 10.1 Å². The van der Waals surface area contributed by atoms with Gasteiger partial charge in [-0.05, 0) is 55.3 Å². The number of nitrogens with zero attached hydrogens (tertiary/aromatic N) is 4. The Bertz CT molecular complexity index is 1340. The second kappa shape index (κ2) is 10.3. The first kappa shape index (κ1) is 22.5. The van der Waals surface area contributed by atoms with E-state index in [1.807, 2.05) is 74.5 Å². The fraction of sp³-hybridized carbons (Fsp3) is 0.111. The van der Waals surface area contributed by atoms with Gasteiger partial charge in [-0.2, -0.15) is 15.0 Å². The summed E-state index contributed by atoms with van der Waals surface area (Å²) < 4.78 is 7.15. The lowest BCUT2D eigenvalue weighted by atomic mass is 10.0. The summed E-state index contributed by atoms with van der Waals surface area (Å²) in [7, 11) is 0. The molecule has 0 spiro atoms. The van der Waals surface area contributed by atoms with Gasteiger partial charge in [0.15, 0.2) is 11.6 Å². The summed E-state index contributed by atoms with van der Waals surface area (Å²) in [5, 5.41) is 16.7. The first-order valence-corrected chi connectivity index (χ1v) is 10.8. The minimum Gasteiger partial charge on any atom is -0.491 e. The van der Waals surface area contributed by atoms with Crippen LogP contribution in [0.3, 0.4) is 0 Å². The Morgan fingerprint density at radius 3 is 2.44 bits per heavy atom. The predicted octanol–water partition coefficient (Wildman–Crippen LogP) is 5.11. The molecule has 0 saturated carbocycles. The third-order valence-electron chi connectivity index (χ3n) is 4.88. The number of hydrogen-bond acceptors (Lipinski definition) is 5. The number of ether oxygens (including phenoxy) is 1. The van der Waals surface area contributed by atoms with Crippen LogP contribution in [0.2, 0.25) is 0 Å². The monoisotopic (exact) mass is 449 g/mol. The van der Waals surface area contributed by atoms with E-state index in [0.717, 1.165) is 16.9 Å². The number of nitrogens with one attached hydrogen (secondary N) is 1. The molecule has 0 aliphatic rings. The van der Waals surface area contributed by atoms with Crippen molar-refractivity contribution in [2.24, 2.45) is 0 Å². The summed E-state index contributed by atoms with van der Waals surface area (Å²) >= 11 is 0. The first-order chi connectivity index (χ1) is 16.5. The number of pyridine rings is 1. The van der Waals surface area contributed by atoms with Crippen LogP contribution in [0, 0.1) is 11.3 Å². The van der Waals surface area contributed by atoms with E-state index >= 15 is 0 Å². The summed E-state index contributed by atoms with van der Waals surface area (Å²) in [5.74, 6) is 1.14. The van der Waals surface area contributed by atoms with E-state index < -0.39 is 0 Å². The molecular formula is C27H23N5O2. The number of hydrogen-bond donors (Lipinski definition) is 1. The zero-order valence-corrected chi connectivity index (χ0v) is 18.8. The van der Waals surface area contributed by atoms with Gasteiger partial charge in [0, 0.05) is 11.8 Å². The molecule has 4 aromatic rings. The Kier molecular flexibility index (Phi) is 6.80. The van der Waals surface area contributed by atoms with Crippen molar-refractivity contribution in [2.45, 2.75) is 20.0 Å².